The van der Waals surface area contributed by atoms with Crippen LogP contribution >= 0.6 is 0 Å². The molecule has 0 spiro atoms. The molecule has 0 unspecified atom stereocenters. The lowest BCUT2D eigenvalue weighted by atomic mass is 9.81. The van der Waals surface area contributed by atoms with Gasteiger partial charge in [-0.25, -0.2) is 0 Å². The Morgan fingerprint density at radius 3 is 2.74 bits per heavy atom. The van der Waals surface area contributed by atoms with Gasteiger partial charge in [-0.2, -0.15) is 0 Å². The molecule has 2 saturated heterocycles. The van der Waals surface area contributed by atoms with E-state index in [-0.39, 0.29) is 0 Å². The highest BCUT2D eigenvalue weighted by Crippen LogP contribution is 2.45. The predicted octanol–water partition coefficient (Wildman–Crippen LogP) is 5.21. The second-order valence-corrected chi connectivity index (χ2v) is 9.37. The summed E-state index contributed by atoms with van der Waals surface area (Å²) in [4.78, 5) is 5.25. The number of hydrogen-bond acceptors (Lipinski definition) is 3. The second-order valence-electron chi connectivity index (χ2n) is 9.37. The van der Waals surface area contributed by atoms with Gasteiger partial charge in [0.15, 0.2) is 0 Å². The molecule has 31 heavy (non-hydrogen) atoms. The number of hydrogen-bond donors (Lipinski definition) is 0. The summed E-state index contributed by atoms with van der Waals surface area (Å²) in [6, 6.07) is 15.9. The van der Waals surface area contributed by atoms with Gasteiger partial charge in [0.25, 0.3) is 0 Å². The minimum absolute atomic E-state index is 0.380. The van der Waals surface area contributed by atoms with E-state index in [1.165, 1.54) is 68.4 Å². The SMILES string of the molecule is C#Cc1cccc([C@H]2CN3CCC[C@H]3c3cc(OCCCN4CCCCC4)ccc32)c1. The highest BCUT2D eigenvalue weighted by Gasteiger charge is 2.36. The van der Waals surface area contributed by atoms with Crippen LogP contribution in [0, 0.1) is 12.3 Å². The van der Waals surface area contributed by atoms with Crippen LogP contribution in [0.4, 0.5) is 0 Å². The fourth-order valence-electron chi connectivity index (χ4n) is 5.77. The van der Waals surface area contributed by atoms with Crippen LogP contribution in [-0.4, -0.2) is 49.1 Å². The van der Waals surface area contributed by atoms with Gasteiger partial charge in [0.05, 0.1) is 6.61 Å². The number of terminal acetylenes is 1. The molecule has 2 fully saturated rings. The lowest BCUT2D eigenvalue weighted by Gasteiger charge is -2.38. The average Bonchev–Trinajstić information content (AvgIpc) is 3.31. The van der Waals surface area contributed by atoms with Crippen molar-refractivity contribution < 1.29 is 4.74 Å². The third-order valence-electron chi connectivity index (χ3n) is 7.37. The van der Waals surface area contributed by atoms with Crippen LogP contribution < -0.4 is 4.74 Å². The van der Waals surface area contributed by atoms with E-state index in [0.717, 1.165) is 37.4 Å². The summed E-state index contributed by atoms with van der Waals surface area (Å²) in [5.74, 6) is 4.21. The lowest BCUT2D eigenvalue weighted by molar-refractivity contribution is 0.204. The quantitative estimate of drug-likeness (QED) is 0.477. The molecule has 0 radical (unpaired) electrons. The number of rotatable bonds is 6. The molecule has 0 bridgehead atoms. The van der Waals surface area contributed by atoms with Gasteiger partial charge in [-0.05, 0) is 92.7 Å². The van der Waals surface area contributed by atoms with Gasteiger partial charge in [-0.3, -0.25) is 4.90 Å². The first-order chi connectivity index (χ1) is 15.3. The molecule has 3 aliphatic heterocycles. The van der Waals surface area contributed by atoms with E-state index in [1.807, 2.05) is 6.07 Å². The molecular formula is C28H34N2O. The minimum Gasteiger partial charge on any atom is -0.494 e. The fraction of sp³-hybridized carbons (Fsp3) is 0.500. The van der Waals surface area contributed by atoms with Gasteiger partial charge in [-0.15, -0.1) is 6.42 Å². The minimum atomic E-state index is 0.380. The van der Waals surface area contributed by atoms with Crippen molar-refractivity contribution in [3.8, 4) is 18.1 Å². The standard InChI is InChI=1S/C28H34N2O/c1-2-22-9-6-10-23(19-22)27-21-30-17-7-11-28(30)26-20-24(12-13-25(26)27)31-18-8-16-29-14-4-3-5-15-29/h1,6,9-10,12-13,19-20,27-28H,3-5,7-8,11,14-18,21H2/t27-,28+/m1/s1. The molecule has 0 N–H and O–H groups in total. The van der Waals surface area contributed by atoms with Gasteiger partial charge in [0.1, 0.15) is 5.75 Å². The Morgan fingerprint density at radius 1 is 0.968 bits per heavy atom. The first-order valence-corrected chi connectivity index (χ1v) is 12.1. The van der Waals surface area contributed by atoms with Gasteiger partial charge in [0.2, 0.25) is 0 Å². The zero-order chi connectivity index (χ0) is 21.0. The van der Waals surface area contributed by atoms with E-state index in [9.17, 15) is 0 Å². The van der Waals surface area contributed by atoms with E-state index in [0.29, 0.717) is 12.0 Å². The molecule has 2 aromatic carbocycles. The molecule has 5 rings (SSSR count). The molecular weight excluding hydrogens is 380 g/mol. The Morgan fingerprint density at radius 2 is 1.87 bits per heavy atom. The van der Waals surface area contributed by atoms with E-state index in [2.05, 4.69) is 52.1 Å². The normalized spacial score (nSPS) is 23.7. The van der Waals surface area contributed by atoms with Crippen molar-refractivity contribution in [1.82, 2.24) is 9.80 Å². The van der Waals surface area contributed by atoms with E-state index < -0.39 is 0 Å². The first kappa shape index (κ1) is 20.6. The van der Waals surface area contributed by atoms with Crippen LogP contribution in [0.25, 0.3) is 0 Å². The molecule has 0 saturated carbocycles. The molecule has 0 aromatic heterocycles. The van der Waals surface area contributed by atoms with Crippen molar-refractivity contribution in [2.45, 2.75) is 50.5 Å². The van der Waals surface area contributed by atoms with Crippen LogP contribution in [0.3, 0.4) is 0 Å². The Labute approximate surface area is 187 Å². The van der Waals surface area contributed by atoms with E-state index >= 15 is 0 Å². The number of likely N-dealkylation sites (tertiary alicyclic amines) is 1. The Balaban J connectivity index is 1.31. The van der Waals surface area contributed by atoms with Crippen molar-refractivity contribution in [3.05, 3.63) is 64.7 Å². The Hall–Kier alpha value is -2.28. The first-order valence-electron chi connectivity index (χ1n) is 12.1. The Bertz CT molecular complexity index is 940. The lowest BCUT2D eigenvalue weighted by Crippen LogP contribution is -2.34. The molecule has 0 aliphatic carbocycles. The topological polar surface area (TPSA) is 15.7 Å². The molecule has 0 amide bonds. The largest absolute Gasteiger partial charge is 0.494 e. The van der Waals surface area contributed by atoms with Gasteiger partial charge in [0, 0.05) is 30.6 Å². The van der Waals surface area contributed by atoms with Crippen LogP contribution in [-0.2, 0) is 0 Å². The number of piperidine rings is 1. The van der Waals surface area contributed by atoms with Gasteiger partial charge >= 0.3 is 0 Å². The van der Waals surface area contributed by atoms with Crippen molar-refractivity contribution in [1.29, 1.82) is 0 Å². The average molecular weight is 415 g/mol. The molecule has 162 valence electrons. The number of nitrogens with zero attached hydrogens (tertiary/aromatic N) is 2. The summed E-state index contributed by atoms with van der Waals surface area (Å²) in [5, 5.41) is 0. The summed E-state index contributed by atoms with van der Waals surface area (Å²) in [5.41, 5.74) is 5.22. The maximum atomic E-state index is 6.22. The molecule has 3 heteroatoms. The second kappa shape index (κ2) is 9.47. The van der Waals surface area contributed by atoms with Crippen molar-refractivity contribution in [2.24, 2.45) is 0 Å². The summed E-state index contributed by atoms with van der Waals surface area (Å²) in [7, 11) is 0. The van der Waals surface area contributed by atoms with Gasteiger partial charge < -0.3 is 9.64 Å². The van der Waals surface area contributed by atoms with Crippen LogP contribution in [0.2, 0.25) is 0 Å². The van der Waals surface area contributed by atoms with Crippen molar-refractivity contribution >= 4 is 0 Å². The smallest absolute Gasteiger partial charge is 0.119 e. The monoisotopic (exact) mass is 414 g/mol. The molecule has 2 aromatic rings. The third kappa shape index (κ3) is 4.52. The van der Waals surface area contributed by atoms with Crippen molar-refractivity contribution in [2.75, 3.05) is 39.3 Å². The molecule has 3 heterocycles. The zero-order valence-electron chi connectivity index (χ0n) is 18.6. The number of ether oxygens (including phenoxy) is 1. The number of benzene rings is 2. The van der Waals surface area contributed by atoms with Gasteiger partial charge in [-0.1, -0.05) is 30.5 Å². The maximum Gasteiger partial charge on any atom is 0.119 e. The molecule has 3 nitrogen and oxygen atoms in total. The maximum absolute atomic E-state index is 6.22. The molecule has 2 atom stereocenters. The summed E-state index contributed by atoms with van der Waals surface area (Å²) in [6.45, 7) is 6.77. The van der Waals surface area contributed by atoms with Crippen LogP contribution in [0.1, 0.15) is 72.7 Å². The van der Waals surface area contributed by atoms with E-state index in [4.69, 9.17) is 11.2 Å². The van der Waals surface area contributed by atoms with Crippen LogP contribution in [0.15, 0.2) is 42.5 Å². The third-order valence-corrected chi connectivity index (χ3v) is 7.37. The Kier molecular flexibility index (Phi) is 6.30. The summed E-state index contributed by atoms with van der Waals surface area (Å²) >= 11 is 0. The molecule has 3 aliphatic rings. The van der Waals surface area contributed by atoms with Crippen molar-refractivity contribution in [3.63, 3.8) is 0 Å². The summed E-state index contributed by atoms with van der Waals surface area (Å²) < 4.78 is 6.22. The van der Waals surface area contributed by atoms with E-state index in [1.54, 1.807) is 0 Å². The predicted molar refractivity (Wildman–Crippen MR) is 127 cm³/mol. The fourth-order valence-corrected chi connectivity index (χ4v) is 5.77. The summed E-state index contributed by atoms with van der Waals surface area (Å²) in [6.07, 6.45) is 13.4. The number of fused-ring (bicyclic) bond motifs is 3. The zero-order valence-corrected chi connectivity index (χ0v) is 18.6. The van der Waals surface area contributed by atoms with Crippen LogP contribution in [0.5, 0.6) is 5.75 Å². The highest BCUT2D eigenvalue weighted by molar-refractivity contribution is 5.48. The highest BCUT2D eigenvalue weighted by atomic mass is 16.5.